The van der Waals surface area contributed by atoms with Crippen molar-refractivity contribution in [2.45, 2.75) is 75.6 Å². The van der Waals surface area contributed by atoms with Crippen molar-refractivity contribution in [1.82, 2.24) is 5.32 Å². The van der Waals surface area contributed by atoms with Gasteiger partial charge in [0, 0.05) is 11.3 Å². The van der Waals surface area contributed by atoms with Gasteiger partial charge in [-0.2, -0.15) is 11.8 Å². The van der Waals surface area contributed by atoms with E-state index in [-0.39, 0.29) is 5.97 Å². The van der Waals surface area contributed by atoms with E-state index in [2.05, 4.69) is 24.0 Å². The van der Waals surface area contributed by atoms with Crippen LogP contribution in [0.1, 0.15) is 58.8 Å². The number of esters is 1. The number of carbonyl (C=O) groups is 1. The number of hydrogen-bond donors (Lipinski definition) is 1. The summed E-state index contributed by atoms with van der Waals surface area (Å²) in [5, 5.41) is 4.27. The molecule has 116 valence electrons. The fourth-order valence-corrected chi connectivity index (χ4v) is 4.75. The number of ether oxygens (including phenoxy) is 1. The molecule has 2 aliphatic rings. The molecule has 0 bridgehead atoms. The van der Waals surface area contributed by atoms with Crippen molar-refractivity contribution in [3.05, 3.63) is 0 Å². The third-order valence-corrected chi connectivity index (χ3v) is 5.92. The van der Waals surface area contributed by atoms with Gasteiger partial charge in [0.1, 0.15) is 5.54 Å². The molecule has 0 amide bonds. The second-order valence-corrected chi connectivity index (χ2v) is 8.17. The number of thioether (sulfide) groups is 1. The summed E-state index contributed by atoms with van der Waals surface area (Å²) in [4.78, 5) is 12.0. The highest BCUT2D eigenvalue weighted by Gasteiger charge is 2.39. The van der Waals surface area contributed by atoms with Crippen molar-refractivity contribution < 1.29 is 9.53 Å². The maximum absolute atomic E-state index is 12.0. The molecule has 2 saturated carbocycles. The highest BCUT2D eigenvalue weighted by molar-refractivity contribution is 7.99. The summed E-state index contributed by atoms with van der Waals surface area (Å²) in [5.41, 5.74) is -0.497. The molecule has 3 atom stereocenters. The summed E-state index contributed by atoms with van der Waals surface area (Å²) < 4.78 is 4.99. The van der Waals surface area contributed by atoms with Crippen LogP contribution in [0.5, 0.6) is 0 Å². The molecule has 3 unspecified atom stereocenters. The van der Waals surface area contributed by atoms with Crippen LogP contribution in [0.15, 0.2) is 0 Å². The largest absolute Gasteiger partial charge is 0.468 e. The lowest BCUT2D eigenvalue weighted by atomic mass is 9.91. The first-order valence-corrected chi connectivity index (χ1v) is 9.06. The highest BCUT2D eigenvalue weighted by atomic mass is 32.2. The number of hydrogen-bond acceptors (Lipinski definition) is 4. The fraction of sp³-hybridized carbons (Fsp3) is 0.938. The Bertz CT molecular complexity index is 332. The molecular weight excluding hydrogens is 270 g/mol. The van der Waals surface area contributed by atoms with E-state index in [0.29, 0.717) is 6.04 Å². The van der Waals surface area contributed by atoms with Crippen LogP contribution in [0, 0.1) is 5.92 Å². The van der Waals surface area contributed by atoms with Crippen LogP contribution in [0.4, 0.5) is 0 Å². The van der Waals surface area contributed by atoms with Crippen LogP contribution >= 0.6 is 11.8 Å². The van der Waals surface area contributed by atoms with E-state index in [9.17, 15) is 4.79 Å². The molecule has 0 aliphatic heterocycles. The second-order valence-electron chi connectivity index (χ2n) is 6.76. The van der Waals surface area contributed by atoms with Gasteiger partial charge in [-0.15, -0.1) is 0 Å². The van der Waals surface area contributed by atoms with Crippen molar-refractivity contribution in [2.75, 3.05) is 12.9 Å². The summed E-state index contributed by atoms with van der Waals surface area (Å²) in [6.07, 6.45) is 8.70. The van der Waals surface area contributed by atoms with Crippen LogP contribution < -0.4 is 5.32 Å². The minimum absolute atomic E-state index is 0.109. The van der Waals surface area contributed by atoms with Crippen molar-refractivity contribution >= 4 is 17.7 Å². The highest BCUT2D eigenvalue weighted by Crippen LogP contribution is 2.33. The van der Waals surface area contributed by atoms with Gasteiger partial charge in [-0.1, -0.05) is 19.8 Å². The topological polar surface area (TPSA) is 38.3 Å². The van der Waals surface area contributed by atoms with E-state index in [4.69, 9.17) is 4.74 Å². The zero-order valence-electron chi connectivity index (χ0n) is 13.1. The molecule has 2 rings (SSSR count). The first-order valence-electron chi connectivity index (χ1n) is 8.01. The van der Waals surface area contributed by atoms with Gasteiger partial charge in [0.25, 0.3) is 0 Å². The lowest BCUT2D eigenvalue weighted by Crippen LogP contribution is -2.51. The zero-order valence-corrected chi connectivity index (χ0v) is 13.9. The van der Waals surface area contributed by atoms with Gasteiger partial charge < -0.3 is 4.74 Å². The maximum Gasteiger partial charge on any atom is 0.325 e. The average Bonchev–Trinajstić information content (AvgIpc) is 3.21. The molecule has 0 aromatic carbocycles. The Morgan fingerprint density at radius 2 is 2.10 bits per heavy atom. The minimum Gasteiger partial charge on any atom is -0.468 e. The van der Waals surface area contributed by atoms with E-state index in [1.807, 2.05) is 6.92 Å². The van der Waals surface area contributed by atoms with Gasteiger partial charge in [0.2, 0.25) is 0 Å². The lowest BCUT2D eigenvalue weighted by molar-refractivity contribution is -0.148. The molecular formula is C16H29NO2S. The standard InChI is InChI=1S/C16H29NO2S/c1-12-5-4-6-14(11-12)20-10-9-16(2,15(18)19-3)17-13-7-8-13/h12-14,17H,4-11H2,1-3H3. The van der Waals surface area contributed by atoms with Gasteiger partial charge in [0.05, 0.1) is 7.11 Å². The summed E-state index contributed by atoms with van der Waals surface area (Å²) >= 11 is 2.06. The van der Waals surface area contributed by atoms with Crippen molar-refractivity contribution in [2.24, 2.45) is 5.92 Å². The Balaban J connectivity index is 1.77. The maximum atomic E-state index is 12.0. The molecule has 0 saturated heterocycles. The van der Waals surface area contributed by atoms with Crippen LogP contribution in [-0.2, 0) is 9.53 Å². The van der Waals surface area contributed by atoms with Crippen LogP contribution in [0.25, 0.3) is 0 Å². The summed E-state index contributed by atoms with van der Waals surface area (Å²) in [6, 6.07) is 0.527. The monoisotopic (exact) mass is 299 g/mol. The molecule has 0 spiro atoms. The first-order chi connectivity index (χ1) is 9.53. The summed E-state index contributed by atoms with van der Waals surface area (Å²) in [5.74, 6) is 1.81. The predicted octanol–water partition coefficient (Wildman–Crippen LogP) is 3.37. The lowest BCUT2D eigenvalue weighted by Gasteiger charge is -2.30. The Labute approximate surface area is 127 Å². The van der Waals surface area contributed by atoms with E-state index in [0.717, 1.165) is 23.3 Å². The van der Waals surface area contributed by atoms with Gasteiger partial charge in [0.15, 0.2) is 0 Å². The Morgan fingerprint density at radius 3 is 2.70 bits per heavy atom. The third-order valence-electron chi connectivity index (χ3n) is 4.58. The Kier molecular flexibility index (Phi) is 5.79. The number of carbonyl (C=O) groups excluding carboxylic acids is 1. The number of methoxy groups -OCH3 is 1. The van der Waals surface area contributed by atoms with E-state index < -0.39 is 5.54 Å². The van der Waals surface area contributed by atoms with Crippen LogP contribution in [0.2, 0.25) is 0 Å². The SMILES string of the molecule is COC(=O)C(C)(CCSC1CCCC(C)C1)NC1CC1. The van der Waals surface area contributed by atoms with Crippen molar-refractivity contribution in [3.63, 3.8) is 0 Å². The molecule has 20 heavy (non-hydrogen) atoms. The zero-order chi connectivity index (χ0) is 14.6. The van der Waals surface area contributed by atoms with Gasteiger partial charge in [-0.3, -0.25) is 10.1 Å². The predicted molar refractivity (Wildman–Crippen MR) is 85.1 cm³/mol. The quantitative estimate of drug-likeness (QED) is 0.732. The van der Waals surface area contributed by atoms with Crippen molar-refractivity contribution in [3.8, 4) is 0 Å². The van der Waals surface area contributed by atoms with E-state index in [1.54, 1.807) is 0 Å². The molecule has 2 aliphatic carbocycles. The Hall–Kier alpha value is -0.220. The molecule has 0 aromatic heterocycles. The van der Waals surface area contributed by atoms with Crippen LogP contribution in [-0.4, -0.2) is 35.7 Å². The number of rotatable bonds is 7. The molecule has 4 heteroatoms. The minimum atomic E-state index is -0.497. The fourth-order valence-electron chi connectivity index (χ4n) is 3.10. The molecule has 0 radical (unpaired) electrons. The first kappa shape index (κ1) is 16.2. The van der Waals surface area contributed by atoms with Gasteiger partial charge in [-0.05, 0) is 50.7 Å². The summed E-state index contributed by atoms with van der Waals surface area (Å²) in [7, 11) is 1.49. The molecule has 0 heterocycles. The van der Waals surface area contributed by atoms with E-state index >= 15 is 0 Å². The summed E-state index contributed by atoms with van der Waals surface area (Å²) in [6.45, 7) is 4.36. The average molecular weight is 299 g/mol. The normalized spacial score (nSPS) is 29.8. The molecule has 1 N–H and O–H groups in total. The smallest absolute Gasteiger partial charge is 0.325 e. The third kappa shape index (κ3) is 4.66. The molecule has 3 nitrogen and oxygen atoms in total. The number of nitrogens with one attached hydrogen (secondary N) is 1. The van der Waals surface area contributed by atoms with E-state index in [1.165, 1.54) is 45.6 Å². The molecule has 0 aromatic rings. The van der Waals surface area contributed by atoms with Crippen LogP contribution in [0.3, 0.4) is 0 Å². The second kappa shape index (κ2) is 7.17. The Morgan fingerprint density at radius 1 is 1.35 bits per heavy atom. The molecule has 2 fully saturated rings. The van der Waals surface area contributed by atoms with Gasteiger partial charge in [-0.25, -0.2) is 0 Å². The van der Waals surface area contributed by atoms with Crippen molar-refractivity contribution in [1.29, 1.82) is 0 Å². The van der Waals surface area contributed by atoms with Gasteiger partial charge >= 0.3 is 5.97 Å².